The summed E-state index contributed by atoms with van der Waals surface area (Å²) in [5.74, 6) is 1.56. The third-order valence-electron chi connectivity index (χ3n) is 5.78. The van der Waals surface area contributed by atoms with Gasteiger partial charge in [-0.3, -0.25) is 4.79 Å². The first-order valence-corrected chi connectivity index (χ1v) is 11.4. The van der Waals surface area contributed by atoms with Crippen LogP contribution in [0.1, 0.15) is 27.6 Å². The van der Waals surface area contributed by atoms with Crippen molar-refractivity contribution in [3.8, 4) is 0 Å². The quantitative estimate of drug-likeness (QED) is 0.491. The number of nitrogens with one attached hydrogen (secondary N) is 1. The lowest BCUT2D eigenvalue weighted by molar-refractivity contribution is 0.0737. The van der Waals surface area contributed by atoms with Gasteiger partial charge in [0.1, 0.15) is 11.6 Å². The zero-order valence-corrected chi connectivity index (χ0v) is 19.3. The fourth-order valence-corrected chi connectivity index (χ4v) is 4.29. The van der Waals surface area contributed by atoms with Crippen molar-refractivity contribution in [3.63, 3.8) is 0 Å². The molecule has 9 nitrogen and oxygen atoms in total. The zero-order chi connectivity index (χ0) is 23.5. The Bertz CT molecular complexity index is 1300. The minimum Gasteiger partial charge on any atom is -0.379 e. The van der Waals surface area contributed by atoms with E-state index in [2.05, 4.69) is 25.4 Å². The first-order chi connectivity index (χ1) is 16.5. The molecule has 1 fully saturated rings. The molecule has 1 aromatic carbocycles. The molecule has 1 atom stereocenters. The van der Waals surface area contributed by atoms with Crippen LogP contribution in [0.2, 0.25) is 0 Å². The Morgan fingerprint density at radius 2 is 2.09 bits per heavy atom. The summed E-state index contributed by atoms with van der Waals surface area (Å²) >= 11 is 0. The SMILES string of the molecule is Cc1cc(Nc2cccc(C(=O)N3CCOC[C@@H](Cc4ccc5nccn5n4)C3)c2)nc(C)n1. The first kappa shape index (κ1) is 22.0. The number of ether oxygens (including phenoxy) is 1. The van der Waals surface area contributed by atoms with Gasteiger partial charge in [-0.25, -0.2) is 19.5 Å². The van der Waals surface area contributed by atoms with Gasteiger partial charge in [-0.15, -0.1) is 0 Å². The van der Waals surface area contributed by atoms with Crippen molar-refractivity contribution >= 4 is 23.1 Å². The minimum atomic E-state index is -0.00720. The summed E-state index contributed by atoms with van der Waals surface area (Å²) in [6, 6.07) is 13.4. The molecule has 0 aliphatic carbocycles. The maximum atomic E-state index is 13.4. The lowest BCUT2D eigenvalue weighted by Gasteiger charge is -2.24. The number of anilines is 2. The largest absolute Gasteiger partial charge is 0.379 e. The van der Waals surface area contributed by atoms with Crippen molar-refractivity contribution in [1.29, 1.82) is 0 Å². The van der Waals surface area contributed by atoms with Gasteiger partial charge in [-0.1, -0.05) is 6.07 Å². The van der Waals surface area contributed by atoms with E-state index in [1.54, 1.807) is 10.7 Å². The van der Waals surface area contributed by atoms with Gasteiger partial charge in [0.15, 0.2) is 5.65 Å². The average Bonchev–Trinajstić information content (AvgIpc) is 3.15. The van der Waals surface area contributed by atoms with E-state index < -0.39 is 0 Å². The van der Waals surface area contributed by atoms with Crippen LogP contribution >= 0.6 is 0 Å². The molecule has 0 unspecified atom stereocenters. The van der Waals surface area contributed by atoms with Crippen LogP contribution in [0.4, 0.5) is 11.5 Å². The molecule has 4 aromatic rings. The molecule has 0 saturated carbocycles. The second-order valence-electron chi connectivity index (χ2n) is 8.60. The van der Waals surface area contributed by atoms with Crippen molar-refractivity contribution in [2.45, 2.75) is 20.3 Å². The molecule has 5 rings (SSSR count). The van der Waals surface area contributed by atoms with E-state index >= 15 is 0 Å². The number of aromatic nitrogens is 5. The number of hydrogen-bond donors (Lipinski definition) is 1. The van der Waals surface area contributed by atoms with Gasteiger partial charge in [-0.2, -0.15) is 5.10 Å². The fourth-order valence-electron chi connectivity index (χ4n) is 4.29. The maximum absolute atomic E-state index is 13.4. The van der Waals surface area contributed by atoms with E-state index in [9.17, 15) is 4.79 Å². The second-order valence-corrected chi connectivity index (χ2v) is 8.60. The van der Waals surface area contributed by atoms with Gasteiger partial charge in [0.05, 0.1) is 18.9 Å². The number of carbonyl (C=O) groups is 1. The predicted octanol–water partition coefficient (Wildman–Crippen LogP) is 3.21. The highest BCUT2D eigenvalue weighted by Gasteiger charge is 2.24. The van der Waals surface area contributed by atoms with E-state index in [0.29, 0.717) is 43.5 Å². The Morgan fingerprint density at radius 1 is 1.18 bits per heavy atom. The van der Waals surface area contributed by atoms with Gasteiger partial charge in [0.2, 0.25) is 0 Å². The highest BCUT2D eigenvalue weighted by molar-refractivity contribution is 5.95. The Kier molecular flexibility index (Phi) is 6.18. The molecule has 1 N–H and O–H groups in total. The number of imidazole rings is 1. The van der Waals surface area contributed by atoms with Crippen LogP contribution in [-0.4, -0.2) is 61.7 Å². The number of carbonyl (C=O) groups excluding carboxylic acids is 1. The van der Waals surface area contributed by atoms with E-state index in [4.69, 9.17) is 4.74 Å². The Labute approximate surface area is 197 Å². The van der Waals surface area contributed by atoms with Crippen molar-refractivity contribution in [2.24, 2.45) is 5.92 Å². The number of fused-ring (bicyclic) bond motifs is 1. The van der Waals surface area contributed by atoms with Crippen molar-refractivity contribution in [1.82, 2.24) is 29.5 Å². The van der Waals surface area contributed by atoms with Gasteiger partial charge >= 0.3 is 0 Å². The molecule has 174 valence electrons. The topological polar surface area (TPSA) is 97.5 Å². The number of amides is 1. The smallest absolute Gasteiger partial charge is 0.254 e. The van der Waals surface area contributed by atoms with Crippen molar-refractivity contribution in [3.05, 3.63) is 77.6 Å². The molecule has 4 heterocycles. The standard InChI is InChI=1S/C25H27N7O2/c1-17-12-23(28-18(2)27-17)29-21-5-3-4-20(14-21)25(33)31-10-11-34-16-19(15-31)13-22-6-7-24-26-8-9-32(24)30-22/h3-9,12,14,19H,10-11,13,15-16H2,1-2H3,(H,27,28,29)/t19-/m0/s1. The van der Waals surface area contributed by atoms with E-state index in [1.807, 2.05) is 67.4 Å². The van der Waals surface area contributed by atoms with E-state index in [0.717, 1.165) is 29.1 Å². The van der Waals surface area contributed by atoms with Gasteiger partial charge < -0.3 is 15.0 Å². The van der Waals surface area contributed by atoms with Crippen molar-refractivity contribution in [2.75, 3.05) is 31.6 Å². The van der Waals surface area contributed by atoms with Crippen LogP contribution in [0, 0.1) is 19.8 Å². The van der Waals surface area contributed by atoms with E-state index in [-0.39, 0.29) is 11.8 Å². The van der Waals surface area contributed by atoms with Crippen LogP contribution in [0.3, 0.4) is 0 Å². The average molecular weight is 458 g/mol. The highest BCUT2D eigenvalue weighted by atomic mass is 16.5. The molecule has 1 saturated heterocycles. The second kappa shape index (κ2) is 9.56. The number of nitrogens with zero attached hydrogens (tertiary/aromatic N) is 6. The monoisotopic (exact) mass is 457 g/mol. The Morgan fingerprint density at radius 3 is 2.97 bits per heavy atom. The molecule has 1 aliphatic rings. The molecule has 0 bridgehead atoms. The maximum Gasteiger partial charge on any atom is 0.254 e. The Balaban J connectivity index is 1.29. The normalized spacial score (nSPS) is 16.4. The number of hydrogen-bond acceptors (Lipinski definition) is 7. The number of benzene rings is 1. The van der Waals surface area contributed by atoms with Gasteiger partial charge in [0.25, 0.3) is 5.91 Å². The van der Waals surface area contributed by atoms with Crippen LogP contribution in [0.5, 0.6) is 0 Å². The number of rotatable bonds is 5. The van der Waals surface area contributed by atoms with Gasteiger partial charge in [-0.05, 0) is 50.6 Å². The van der Waals surface area contributed by atoms with Gasteiger partial charge in [0, 0.05) is 54.4 Å². The fraction of sp³-hybridized carbons (Fsp3) is 0.320. The summed E-state index contributed by atoms with van der Waals surface area (Å²) in [7, 11) is 0. The molecular weight excluding hydrogens is 430 g/mol. The summed E-state index contributed by atoms with van der Waals surface area (Å²) in [4.78, 5) is 28.2. The molecule has 0 radical (unpaired) electrons. The third kappa shape index (κ3) is 5.04. The third-order valence-corrected chi connectivity index (χ3v) is 5.78. The van der Waals surface area contributed by atoms with Crippen molar-refractivity contribution < 1.29 is 9.53 Å². The van der Waals surface area contributed by atoms with Crippen LogP contribution in [0.15, 0.2) is 54.9 Å². The molecular formula is C25H27N7O2. The lowest BCUT2D eigenvalue weighted by atomic mass is 10.0. The molecule has 1 amide bonds. The van der Waals surface area contributed by atoms with Crippen LogP contribution in [0.25, 0.3) is 5.65 Å². The number of aryl methyl sites for hydroxylation is 2. The molecule has 34 heavy (non-hydrogen) atoms. The van der Waals surface area contributed by atoms with Crippen LogP contribution < -0.4 is 5.32 Å². The minimum absolute atomic E-state index is 0.00720. The summed E-state index contributed by atoms with van der Waals surface area (Å²) in [6.45, 7) is 6.09. The molecule has 3 aromatic heterocycles. The molecule has 1 aliphatic heterocycles. The molecule has 9 heteroatoms. The van der Waals surface area contributed by atoms with E-state index in [1.165, 1.54) is 0 Å². The summed E-state index contributed by atoms with van der Waals surface area (Å²) in [5, 5.41) is 7.92. The lowest BCUT2D eigenvalue weighted by Crippen LogP contribution is -2.36. The summed E-state index contributed by atoms with van der Waals surface area (Å²) in [5.41, 5.74) is 4.10. The van der Waals surface area contributed by atoms with Crippen LogP contribution in [-0.2, 0) is 11.2 Å². The summed E-state index contributed by atoms with van der Waals surface area (Å²) < 4.78 is 7.60. The summed E-state index contributed by atoms with van der Waals surface area (Å²) in [6.07, 6.45) is 4.30. The predicted molar refractivity (Wildman–Crippen MR) is 128 cm³/mol. The highest BCUT2D eigenvalue weighted by Crippen LogP contribution is 2.20. The first-order valence-electron chi connectivity index (χ1n) is 11.4. The zero-order valence-electron chi connectivity index (χ0n) is 19.3. The Hall–Kier alpha value is -3.85. The molecule has 0 spiro atoms.